The predicted octanol–water partition coefficient (Wildman–Crippen LogP) is 4.84. The Balaban J connectivity index is 1.66. The Morgan fingerprint density at radius 2 is 1.71 bits per heavy atom. The smallest absolute Gasteiger partial charge is 0.264 e. The molecule has 3 rings (SSSR count). The van der Waals surface area contributed by atoms with Crippen molar-refractivity contribution in [3.8, 4) is 19.5 Å². The molecule has 150 valence electrons. The summed E-state index contributed by atoms with van der Waals surface area (Å²) in [5.74, 6) is -0.887. The van der Waals surface area contributed by atoms with Gasteiger partial charge in [0, 0.05) is 30.6 Å². The first-order valence-electron chi connectivity index (χ1n) is 8.61. The van der Waals surface area contributed by atoms with Crippen LogP contribution in [0.3, 0.4) is 0 Å². The molecular formula is C19H21NO4S4. The molecule has 1 amide bonds. The first kappa shape index (κ1) is 21.2. The van der Waals surface area contributed by atoms with Crippen LogP contribution < -0.4 is 5.48 Å². The Labute approximate surface area is 176 Å². The van der Waals surface area contributed by atoms with E-state index in [0.29, 0.717) is 12.8 Å². The molecule has 0 bridgehead atoms. The number of carbonyl (C=O) groups excluding carboxylic acids is 1. The third kappa shape index (κ3) is 4.38. The fourth-order valence-corrected chi connectivity index (χ4v) is 6.73. The highest BCUT2D eigenvalue weighted by Crippen LogP contribution is 2.39. The summed E-state index contributed by atoms with van der Waals surface area (Å²) < 4.78 is 22.4. The van der Waals surface area contributed by atoms with E-state index in [-0.39, 0.29) is 6.42 Å². The number of hydrogen-bond acceptors (Lipinski definition) is 7. The van der Waals surface area contributed by atoms with E-state index >= 15 is 0 Å². The van der Waals surface area contributed by atoms with Gasteiger partial charge in [0.2, 0.25) is 0 Å². The third-order valence-corrected chi connectivity index (χ3v) is 10.3. The topological polar surface area (TPSA) is 83.5 Å². The van der Waals surface area contributed by atoms with E-state index in [4.69, 9.17) is 5.21 Å². The van der Waals surface area contributed by atoms with Gasteiger partial charge >= 0.3 is 0 Å². The first-order chi connectivity index (χ1) is 13.2. The van der Waals surface area contributed by atoms with E-state index < -0.39 is 20.5 Å². The van der Waals surface area contributed by atoms with E-state index in [1.807, 2.05) is 6.07 Å². The molecule has 2 N–H and O–H groups in total. The van der Waals surface area contributed by atoms with Crippen molar-refractivity contribution in [1.82, 2.24) is 5.48 Å². The molecule has 0 radical (unpaired) electrons. The van der Waals surface area contributed by atoms with Crippen molar-refractivity contribution < 1.29 is 18.4 Å². The van der Waals surface area contributed by atoms with Crippen molar-refractivity contribution in [2.45, 2.75) is 30.9 Å². The van der Waals surface area contributed by atoms with Crippen LogP contribution in [0.15, 0.2) is 41.8 Å². The number of hydroxylamine groups is 1. The maximum Gasteiger partial charge on any atom is 0.264 e. The molecule has 3 aromatic rings. The molecule has 9 heteroatoms. The number of thiophene rings is 3. The molecule has 1 unspecified atom stereocenters. The molecule has 0 aliphatic carbocycles. The summed E-state index contributed by atoms with van der Waals surface area (Å²) in [5, 5.41) is 11.0. The second-order valence-electron chi connectivity index (χ2n) is 6.70. The van der Waals surface area contributed by atoms with Crippen LogP contribution in [0, 0.1) is 0 Å². The minimum absolute atomic E-state index is 0.146. The van der Waals surface area contributed by atoms with Crippen LogP contribution in [0.4, 0.5) is 0 Å². The van der Waals surface area contributed by atoms with Crippen molar-refractivity contribution in [3.05, 3.63) is 46.7 Å². The fourth-order valence-electron chi connectivity index (χ4n) is 2.85. The van der Waals surface area contributed by atoms with Gasteiger partial charge in [0.1, 0.15) is 4.75 Å². The average molecular weight is 456 g/mol. The summed E-state index contributed by atoms with van der Waals surface area (Å²) in [7, 11) is -3.65. The van der Waals surface area contributed by atoms with E-state index in [1.54, 1.807) is 34.0 Å². The molecular weight excluding hydrogens is 434 g/mol. The average Bonchev–Trinajstić information content (AvgIpc) is 3.39. The van der Waals surface area contributed by atoms with Gasteiger partial charge in [-0.25, -0.2) is 13.9 Å². The Hall–Kier alpha value is -1.52. The quantitative estimate of drug-likeness (QED) is 0.376. The van der Waals surface area contributed by atoms with Crippen molar-refractivity contribution in [2.24, 2.45) is 0 Å². The number of hydrogen-bond donors (Lipinski definition) is 2. The van der Waals surface area contributed by atoms with Crippen molar-refractivity contribution in [3.63, 3.8) is 0 Å². The lowest BCUT2D eigenvalue weighted by molar-refractivity contribution is -0.131. The molecule has 0 fully saturated rings. The summed E-state index contributed by atoms with van der Waals surface area (Å²) >= 11 is 5.16. The van der Waals surface area contributed by atoms with Gasteiger partial charge in [-0.05, 0) is 61.9 Å². The number of rotatable bonds is 8. The van der Waals surface area contributed by atoms with Crippen LogP contribution >= 0.6 is 34.0 Å². The Morgan fingerprint density at radius 1 is 1.07 bits per heavy atom. The molecule has 3 heterocycles. The molecule has 0 aromatic carbocycles. The standard InChI is InChI=1S/C19H21NO4S4/c1-19(18(21)20-22,28(2,23)24)11-3-5-13-7-8-16(26-13)17-10-9-15(27-17)14-6-4-12-25-14/h4,6-10,12,22H,3,5,11H2,1-2H3,(H,20,21). The number of sulfone groups is 1. The number of nitrogens with one attached hydrogen (secondary N) is 1. The lowest BCUT2D eigenvalue weighted by atomic mass is 10.0. The predicted molar refractivity (Wildman–Crippen MR) is 117 cm³/mol. The van der Waals surface area contributed by atoms with Crippen LogP contribution in [0.2, 0.25) is 0 Å². The van der Waals surface area contributed by atoms with E-state index in [0.717, 1.165) is 11.1 Å². The summed E-state index contributed by atoms with van der Waals surface area (Å²) in [6.45, 7) is 1.35. The number of aryl methyl sites for hydroxylation is 1. The summed E-state index contributed by atoms with van der Waals surface area (Å²) in [5.41, 5.74) is 1.49. The van der Waals surface area contributed by atoms with Gasteiger partial charge < -0.3 is 0 Å². The summed E-state index contributed by atoms with van der Waals surface area (Å²) in [4.78, 5) is 17.9. The lowest BCUT2D eigenvalue weighted by Crippen LogP contribution is -2.49. The van der Waals surface area contributed by atoms with Crippen molar-refractivity contribution in [1.29, 1.82) is 0 Å². The fraction of sp³-hybridized carbons (Fsp3) is 0.316. The molecule has 0 spiro atoms. The zero-order valence-corrected chi connectivity index (χ0v) is 18.7. The lowest BCUT2D eigenvalue weighted by Gasteiger charge is -2.24. The zero-order chi connectivity index (χ0) is 20.4. The van der Waals surface area contributed by atoms with E-state index in [2.05, 4.69) is 35.7 Å². The van der Waals surface area contributed by atoms with Crippen molar-refractivity contribution >= 4 is 49.8 Å². The highest BCUT2D eigenvalue weighted by Gasteiger charge is 2.42. The molecule has 1 atom stereocenters. The van der Waals surface area contributed by atoms with Gasteiger partial charge in [0.15, 0.2) is 9.84 Å². The van der Waals surface area contributed by atoms with Gasteiger partial charge in [0.25, 0.3) is 5.91 Å². The Bertz CT molecular complexity index is 1050. The first-order valence-corrected chi connectivity index (χ1v) is 13.0. The molecule has 5 nitrogen and oxygen atoms in total. The van der Waals surface area contributed by atoms with Crippen LogP contribution in [-0.2, 0) is 21.1 Å². The van der Waals surface area contributed by atoms with Gasteiger partial charge in [-0.2, -0.15) is 0 Å². The SMILES string of the molecule is CC(CCCc1ccc(-c2ccc(-c3cccs3)s2)s1)(C(=O)NO)S(C)(=O)=O. The molecule has 3 aromatic heterocycles. The highest BCUT2D eigenvalue weighted by molar-refractivity contribution is 7.92. The van der Waals surface area contributed by atoms with Crippen molar-refractivity contribution in [2.75, 3.05) is 6.26 Å². The molecule has 0 aliphatic heterocycles. The monoisotopic (exact) mass is 455 g/mol. The number of carbonyl (C=O) groups is 1. The van der Waals surface area contributed by atoms with Gasteiger partial charge in [-0.15, -0.1) is 34.0 Å². The van der Waals surface area contributed by atoms with Gasteiger partial charge in [0.05, 0.1) is 0 Å². The van der Waals surface area contributed by atoms with Crippen LogP contribution in [0.25, 0.3) is 19.5 Å². The minimum Gasteiger partial charge on any atom is -0.289 e. The van der Waals surface area contributed by atoms with Gasteiger partial charge in [-0.1, -0.05) is 6.07 Å². The Morgan fingerprint density at radius 3 is 2.32 bits per heavy atom. The normalized spacial score (nSPS) is 14.0. The Kier molecular flexibility index (Phi) is 6.41. The van der Waals surface area contributed by atoms with Gasteiger partial charge in [-0.3, -0.25) is 10.0 Å². The molecule has 28 heavy (non-hydrogen) atoms. The number of amides is 1. The largest absolute Gasteiger partial charge is 0.289 e. The zero-order valence-electron chi connectivity index (χ0n) is 15.5. The maximum atomic E-state index is 12.0. The molecule has 0 saturated heterocycles. The summed E-state index contributed by atoms with van der Waals surface area (Å²) in [6, 6.07) is 12.6. The summed E-state index contributed by atoms with van der Waals surface area (Å²) in [6.07, 6.45) is 2.37. The second kappa shape index (κ2) is 8.46. The van der Waals surface area contributed by atoms with E-state index in [1.165, 1.54) is 31.9 Å². The highest BCUT2D eigenvalue weighted by atomic mass is 32.2. The van der Waals surface area contributed by atoms with Crippen LogP contribution in [0.5, 0.6) is 0 Å². The molecule has 0 aliphatic rings. The molecule has 0 saturated carbocycles. The van der Waals surface area contributed by atoms with Crippen LogP contribution in [-0.4, -0.2) is 30.5 Å². The second-order valence-corrected chi connectivity index (χ2v) is 12.3. The third-order valence-electron chi connectivity index (χ3n) is 4.75. The minimum atomic E-state index is -3.65. The van der Waals surface area contributed by atoms with E-state index in [9.17, 15) is 13.2 Å². The van der Waals surface area contributed by atoms with Crippen LogP contribution in [0.1, 0.15) is 24.6 Å². The maximum absolute atomic E-state index is 12.0.